The van der Waals surface area contributed by atoms with Crippen molar-refractivity contribution in [1.29, 1.82) is 0 Å². The van der Waals surface area contributed by atoms with Crippen molar-refractivity contribution >= 4 is 11.6 Å². The van der Waals surface area contributed by atoms with Crippen LogP contribution in [-0.2, 0) is 17.6 Å². The number of nitrogens with zero attached hydrogens (tertiary/aromatic N) is 2. The largest absolute Gasteiger partial charge is 0.326 e. The Balaban J connectivity index is 1.82. The van der Waals surface area contributed by atoms with E-state index < -0.39 is 0 Å². The van der Waals surface area contributed by atoms with Crippen molar-refractivity contribution in [2.75, 3.05) is 18.9 Å². The molecule has 0 aliphatic rings. The van der Waals surface area contributed by atoms with Crippen LogP contribution in [-0.4, -0.2) is 35.4 Å². The summed E-state index contributed by atoms with van der Waals surface area (Å²) in [6, 6.07) is 14.1. The predicted octanol–water partition coefficient (Wildman–Crippen LogP) is 3.54. The lowest BCUT2D eigenvalue weighted by Crippen LogP contribution is -2.34. The molecule has 24 heavy (non-hydrogen) atoms. The lowest BCUT2D eigenvalue weighted by atomic mass is 10.1. The van der Waals surface area contributed by atoms with Crippen molar-refractivity contribution in [3.05, 3.63) is 59.9 Å². The van der Waals surface area contributed by atoms with Crippen molar-refractivity contribution in [3.63, 3.8) is 0 Å². The molecule has 0 spiro atoms. The molecule has 1 heterocycles. The standard InChI is InChI=1S/C20H27N3O/c1-4-17-9-5-6-11-19(17)22-20(24)15-16(2)23(3)14-12-18-10-7-8-13-21-18/h5-11,13,16H,4,12,14-15H2,1-3H3,(H,22,24)/t16-/m0/s1. The number of aryl methyl sites for hydroxylation is 1. The molecule has 4 heteroatoms. The average Bonchev–Trinajstić information content (AvgIpc) is 2.60. The zero-order valence-corrected chi connectivity index (χ0v) is 14.8. The minimum Gasteiger partial charge on any atom is -0.326 e. The summed E-state index contributed by atoms with van der Waals surface area (Å²) in [7, 11) is 2.06. The van der Waals surface area contributed by atoms with Crippen LogP contribution in [0.2, 0.25) is 0 Å². The van der Waals surface area contributed by atoms with Crippen LogP contribution in [0.3, 0.4) is 0 Å². The summed E-state index contributed by atoms with van der Waals surface area (Å²) in [5.74, 6) is 0.0630. The quantitative estimate of drug-likeness (QED) is 0.807. The molecule has 0 fully saturated rings. The van der Waals surface area contributed by atoms with Crippen LogP contribution < -0.4 is 5.32 Å². The number of nitrogens with one attached hydrogen (secondary N) is 1. The summed E-state index contributed by atoms with van der Waals surface area (Å²) in [4.78, 5) is 18.9. The second-order valence-corrected chi connectivity index (χ2v) is 6.16. The van der Waals surface area contributed by atoms with Gasteiger partial charge in [-0.1, -0.05) is 31.2 Å². The molecule has 0 saturated heterocycles. The molecule has 128 valence electrons. The van der Waals surface area contributed by atoms with Crippen LogP contribution in [0.1, 0.15) is 31.5 Å². The van der Waals surface area contributed by atoms with Gasteiger partial charge in [-0.3, -0.25) is 9.78 Å². The lowest BCUT2D eigenvalue weighted by Gasteiger charge is -2.24. The lowest BCUT2D eigenvalue weighted by molar-refractivity contribution is -0.117. The molecule has 0 bridgehead atoms. The van der Waals surface area contributed by atoms with Crippen LogP contribution in [0.25, 0.3) is 0 Å². The SMILES string of the molecule is CCc1ccccc1NC(=O)C[C@H](C)N(C)CCc1ccccn1. The number of carbonyl (C=O) groups excluding carboxylic acids is 1. The third kappa shape index (κ3) is 5.46. The number of aromatic nitrogens is 1. The van der Waals surface area contributed by atoms with Crippen LogP contribution in [0, 0.1) is 0 Å². The predicted molar refractivity (Wildman–Crippen MR) is 99.1 cm³/mol. The molecule has 0 aliphatic carbocycles. The summed E-state index contributed by atoms with van der Waals surface area (Å²) in [6.07, 6.45) is 4.10. The number of amides is 1. The zero-order valence-electron chi connectivity index (χ0n) is 14.8. The summed E-state index contributed by atoms with van der Waals surface area (Å²) < 4.78 is 0. The molecule has 2 aromatic rings. The van der Waals surface area contributed by atoms with Gasteiger partial charge >= 0.3 is 0 Å². The van der Waals surface area contributed by atoms with Crippen molar-refractivity contribution < 1.29 is 4.79 Å². The molecule has 0 radical (unpaired) electrons. The number of pyridine rings is 1. The highest BCUT2D eigenvalue weighted by Gasteiger charge is 2.14. The van der Waals surface area contributed by atoms with E-state index in [1.165, 1.54) is 5.56 Å². The van der Waals surface area contributed by atoms with Crippen LogP contribution in [0.5, 0.6) is 0 Å². The minimum absolute atomic E-state index is 0.0630. The summed E-state index contributed by atoms with van der Waals surface area (Å²) >= 11 is 0. The van der Waals surface area contributed by atoms with Gasteiger partial charge < -0.3 is 10.2 Å². The molecular weight excluding hydrogens is 298 g/mol. The van der Waals surface area contributed by atoms with Gasteiger partial charge in [-0.15, -0.1) is 0 Å². The molecule has 0 unspecified atom stereocenters. The molecular formula is C20H27N3O. The fourth-order valence-corrected chi connectivity index (χ4v) is 2.63. The Labute approximate surface area is 144 Å². The molecule has 1 amide bonds. The molecule has 0 saturated carbocycles. The van der Waals surface area contributed by atoms with Gasteiger partial charge in [0.05, 0.1) is 0 Å². The molecule has 4 nitrogen and oxygen atoms in total. The summed E-state index contributed by atoms with van der Waals surface area (Å²) in [5, 5.41) is 3.04. The topological polar surface area (TPSA) is 45.2 Å². The average molecular weight is 325 g/mol. The highest BCUT2D eigenvalue weighted by atomic mass is 16.1. The highest BCUT2D eigenvalue weighted by molar-refractivity contribution is 5.91. The Hall–Kier alpha value is -2.20. The first-order chi connectivity index (χ1) is 11.6. The first-order valence-electron chi connectivity index (χ1n) is 8.58. The molecule has 0 aliphatic heterocycles. The number of benzene rings is 1. The number of likely N-dealkylation sites (N-methyl/N-ethyl adjacent to an activating group) is 1. The number of anilines is 1. The Bertz CT molecular complexity index is 642. The van der Waals surface area contributed by atoms with Crippen LogP contribution >= 0.6 is 0 Å². The second kappa shape index (κ2) is 9.18. The van der Waals surface area contributed by atoms with Gasteiger partial charge in [0.1, 0.15) is 0 Å². The number of carbonyl (C=O) groups is 1. The number of hydrogen-bond acceptors (Lipinski definition) is 3. The molecule has 1 atom stereocenters. The van der Waals surface area contributed by atoms with Crippen molar-refractivity contribution in [2.45, 2.75) is 39.2 Å². The normalized spacial score (nSPS) is 12.2. The maximum atomic E-state index is 12.3. The van der Waals surface area contributed by atoms with Gasteiger partial charge in [0.25, 0.3) is 0 Å². The second-order valence-electron chi connectivity index (χ2n) is 6.16. The Morgan fingerprint density at radius 1 is 1.21 bits per heavy atom. The van der Waals surface area contributed by atoms with E-state index in [9.17, 15) is 4.79 Å². The van der Waals surface area contributed by atoms with E-state index in [0.717, 1.165) is 30.8 Å². The van der Waals surface area contributed by atoms with E-state index in [-0.39, 0.29) is 11.9 Å². The van der Waals surface area contributed by atoms with Crippen molar-refractivity contribution in [3.8, 4) is 0 Å². The van der Waals surface area contributed by atoms with Crippen molar-refractivity contribution in [1.82, 2.24) is 9.88 Å². The zero-order chi connectivity index (χ0) is 17.4. The molecule has 1 N–H and O–H groups in total. The Kier molecular flexibility index (Phi) is 6.94. The fraction of sp³-hybridized carbons (Fsp3) is 0.400. The number of rotatable bonds is 8. The third-order valence-corrected chi connectivity index (χ3v) is 4.35. The van der Waals surface area contributed by atoms with Gasteiger partial charge in [-0.05, 0) is 44.2 Å². The van der Waals surface area contributed by atoms with Gasteiger partial charge in [-0.25, -0.2) is 0 Å². The minimum atomic E-state index is 0.0630. The van der Waals surface area contributed by atoms with E-state index in [4.69, 9.17) is 0 Å². The Morgan fingerprint density at radius 2 is 1.96 bits per heavy atom. The molecule has 2 rings (SSSR count). The first kappa shape index (κ1) is 18.1. The van der Waals surface area contributed by atoms with Crippen LogP contribution in [0.15, 0.2) is 48.7 Å². The third-order valence-electron chi connectivity index (χ3n) is 4.35. The van der Waals surface area contributed by atoms with Gasteiger partial charge in [-0.2, -0.15) is 0 Å². The van der Waals surface area contributed by atoms with E-state index in [1.807, 2.05) is 42.6 Å². The molecule has 1 aromatic heterocycles. The van der Waals surface area contributed by atoms with Crippen LogP contribution in [0.4, 0.5) is 5.69 Å². The van der Waals surface area contributed by atoms with E-state index in [0.29, 0.717) is 6.42 Å². The maximum Gasteiger partial charge on any atom is 0.225 e. The smallest absolute Gasteiger partial charge is 0.225 e. The van der Waals surface area contributed by atoms with Gasteiger partial charge in [0.15, 0.2) is 0 Å². The number of hydrogen-bond donors (Lipinski definition) is 1. The summed E-state index contributed by atoms with van der Waals surface area (Å²) in [5.41, 5.74) is 3.17. The molecule has 1 aromatic carbocycles. The van der Waals surface area contributed by atoms with E-state index in [1.54, 1.807) is 0 Å². The first-order valence-corrected chi connectivity index (χ1v) is 8.58. The fourth-order valence-electron chi connectivity index (χ4n) is 2.63. The van der Waals surface area contributed by atoms with Crippen molar-refractivity contribution in [2.24, 2.45) is 0 Å². The summed E-state index contributed by atoms with van der Waals surface area (Å²) in [6.45, 7) is 5.07. The van der Waals surface area contributed by atoms with Gasteiger partial charge in [0.2, 0.25) is 5.91 Å². The van der Waals surface area contributed by atoms with Gasteiger partial charge in [0, 0.05) is 43.0 Å². The Morgan fingerprint density at radius 3 is 2.67 bits per heavy atom. The monoisotopic (exact) mass is 325 g/mol. The highest BCUT2D eigenvalue weighted by Crippen LogP contribution is 2.16. The van der Waals surface area contributed by atoms with E-state index >= 15 is 0 Å². The number of para-hydroxylation sites is 1. The van der Waals surface area contributed by atoms with E-state index in [2.05, 4.69) is 42.2 Å². The maximum absolute atomic E-state index is 12.3.